The number of fused-ring (bicyclic) bond motifs is 5. The van der Waals surface area contributed by atoms with Gasteiger partial charge in [0.1, 0.15) is 0 Å². The summed E-state index contributed by atoms with van der Waals surface area (Å²) in [4.78, 5) is 18.4. The second-order valence-corrected chi connectivity index (χ2v) is 6.61. The maximum absolute atomic E-state index is 12.4. The van der Waals surface area contributed by atoms with E-state index in [0.717, 1.165) is 31.4 Å². The number of H-pyrrole nitrogens is 1. The van der Waals surface area contributed by atoms with Gasteiger partial charge in [0.2, 0.25) is 0 Å². The minimum Gasteiger partial charge on any atom is -0.469 e. The summed E-state index contributed by atoms with van der Waals surface area (Å²) >= 11 is 0. The zero-order chi connectivity index (χ0) is 16.0. The number of benzene rings is 1. The van der Waals surface area contributed by atoms with Crippen LogP contribution in [0.25, 0.3) is 10.9 Å². The third kappa shape index (κ3) is 2.20. The molecule has 1 saturated heterocycles. The van der Waals surface area contributed by atoms with E-state index in [4.69, 9.17) is 4.74 Å². The first-order valence-corrected chi connectivity index (χ1v) is 8.27. The highest BCUT2D eigenvalue weighted by Gasteiger charge is 2.44. The monoisotopic (exact) mass is 310 g/mol. The number of nitrogens with one attached hydrogen (secondary N) is 1. The molecule has 0 aliphatic carbocycles. The first kappa shape index (κ1) is 14.5. The lowest BCUT2D eigenvalue weighted by molar-refractivity contribution is -0.151. The van der Waals surface area contributed by atoms with Crippen LogP contribution in [-0.4, -0.2) is 36.1 Å². The minimum atomic E-state index is -0.135. The van der Waals surface area contributed by atoms with Crippen molar-refractivity contribution < 1.29 is 9.53 Å². The van der Waals surface area contributed by atoms with E-state index in [1.54, 1.807) is 0 Å². The third-order valence-corrected chi connectivity index (χ3v) is 5.43. The number of esters is 1. The fourth-order valence-corrected chi connectivity index (χ4v) is 4.36. The molecule has 4 nitrogen and oxygen atoms in total. The first-order valence-electron chi connectivity index (χ1n) is 8.27. The average Bonchev–Trinajstić information content (AvgIpc) is 2.98. The second kappa shape index (κ2) is 5.53. The van der Waals surface area contributed by atoms with Gasteiger partial charge in [0.15, 0.2) is 0 Å². The van der Waals surface area contributed by atoms with Crippen LogP contribution in [0.5, 0.6) is 0 Å². The molecular formula is C19H22N2O2. The van der Waals surface area contributed by atoms with Gasteiger partial charge >= 0.3 is 5.97 Å². The van der Waals surface area contributed by atoms with Crippen LogP contribution in [0.2, 0.25) is 0 Å². The Hall–Kier alpha value is -2.07. The van der Waals surface area contributed by atoms with E-state index in [1.165, 1.54) is 23.8 Å². The number of aromatic nitrogens is 1. The molecule has 2 aliphatic rings. The Morgan fingerprint density at radius 2 is 2.26 bits per heavy atom. The van der Waals surface area contributed by atoms with Crippen LogP contribution in [0.3, 0.4) is 0 Å². The fraction of sp³-hybridized carbons (Fsp3) is 0.421. The largest absolute Gasteiger partial charge is 0.469 e. The van der Waals surface area contributed by atoms with Gasteiger partial charge in [-0.2, -0.15) is 0 Å². The van der Waals surface area contributed by atoms with E-state index in [-0.39, 0.29) is 17.9 Å². The summed E-state index contributed by atoms with van der Waals surface area (Å²) in [5.41, 5.74) is 3.73. The van der Waals surface area contributed by atoms with Crippen molar-refractivity contribution in [2.45, 2.75) is 18.9 Å². The summed E-state index contributed by atoms with van der Waals surface area (Å²) in [6.45, 7) is 5.89. The molecule has 2 aromatic rings. The lowest BCUT2D eigenvalue weighted by Gasteiger charge is -2.45. The molecule has 4 rings (SSSR count). The highest BCUT2D eigenvalue weighted by molar-refractivity contribution is 5.85. The van der Waals surface area contributed by atoms with Gasteiger partial charge in [-0.1, -0.05) is 24.3 Å². The van der Waals surface area contributed by atoms with Crippen molar-refractivity contribution in [3.8, 4) is 0 Å². The van der Waals surface area contributed by atoms with Gasteiger partial charge in [0, 0.05) is 29.7 Å². The van der Waals surface area contributed by atoms with Gasteiger partial charge in [0.05, 0.1) is 19.1 Å². The van der Waals surface area contributed by atoms with Crippen LogP contribution in [0.15, 0.2) is 36.9 Å². The smallest absolute Gasteiger partial charge is 0.310 e. The molecule has 0 radical (unpaired) electrons. The number of hydrogen-bond donors (Lipinski definition) is 1. The lowest BCUT2D eigenvalue weighted by Crippen LogP contribution is -2.48. The molecular weight excluding hydrogens is 288 g/mol. The van der Waals surface area contributed by atoms with Gasteiger partial charge in [0.25, 0.3) is 0 Å². The maximum atomic E-state index is 12.4. The number of nitrogens with zero attached hydrogens (tertiary/aromatic N) is 1. The number of methoxy groups -OCH3 is 1. The van der Waals surface area contributed by atoms with Crippen LogP contribution in [0, 0.1) is 11.8 Å². The van der Waals surface area contributed by atoms with Crippen LogP contribution in [-0.2, 0) is 16.0 Å². The van der Waals surface area contributed by atoms with E-state index < -0.39 is 0 Å². The summed E-state index contributed by atoms with van der Waals surface area (Å²) in [5, 5.41) is 1.29. The Bertz CT molecular complexity index is 764. The SMILES string of the molecule is C=C[C@H]1C[C@H](C(=O)OC)[C@H]2c3[nH]c4ccccc4c3CCN2C1. The van der Waals surface area contributed by atoms with Crippen molar-refractivity contribution in [1.82, 2.24) is 9.88 Å². The molecule has 1 N–H and O–H groups in total. The van der Waals surface area contributed by atoms with Gasteiger partial charge in [-0.25, -0.2) is 0 Å². The maximum Gasteiger partial charge on any atom is 0.310 e. The number of para-hydroxylation sites is 1. The normalized spacial score (nSPS) is 27.3. The van der Waals surface area contributed by atoms with Crippen molar-refractivity contribution in [1.29, 1.82) is 0 Å². The van der Waals surface area contributed by atoms with Crippen molar-refractivity contribution >= 4 is 16.9 Å². The Kier molecular flexibility index (Phi) is 3.49. The molecule has 3 atom stereocenters. The number of carbonyl (C=O) groups is 1. The second-order valence-electron chi connectivity index (χ2n) is 6.61. The Morgan fingerprint density at radius 1 is 1.43 bits per heavy atom. The predicted octanol–water partition coefficient (Wildman–Crippen LogP) is 3.06. The van der Waals surface area contributed by atoms with Crippen LogP contribution in [0.1, 0.15) is 23.7 Å². The van der Waals surface area contributed by atoms with Gasteiger partial charge in [-0.05, 0) is 30.4 Å². The molecule has 1 fully saturated rings. The van der Waals surface area contributed by atoms with Crippen molar-refractivity contribution in [3.05, 3.63) is 48.2 Å². The summed E-state index contributed by atoms with van der Waals surface area (Å²) in [5.74, 6) is 0.100. The summed E-state index contributed by atoms with van der Waals surface area (Å²) in [6.07, 6.45) is 3.81. The standard InChI is InChI=1S/C19H22N2O2/c1-3-12-10-15(19(22)23-2)18-17-14(8-9-21(18)11-12)13-6-4-5-7-16(13)20-17/h3-7,12,15,18,20H,1,8-11H2,2H3/t12-,15-,18-/m0/s1. The Labute approximate surface area is 136 Å². The number of carbonyl (C=O) groups excluding carboxylic acids is 1. The zero-order valence-electron chi connectivity index (χ0n) is 13.4. The molecule has 1 aromatic heterocycles. The van der Waals surface area contributed by atoms with Crippen molar-refractivity contribution in [3.63, 3.8) is 0 Å². The van der Waals surface area contributed by atoms with Crippen LogP contribution >= 0.6 is 0 Å². The highest BCUT2D eigenvalue weighted by Crippen LogP contribution is 2.44. The molecule has 2 aliphatic heterocycles. The number of piperidine rings is 1. The molecule has 120 valence electrons. The molecule has 0 saturated carbocycles. The van der Waals surface area contributed by atoms with Gasteiger partial charge in [-0.3, -0.25) is 9.69 Å². The van der Waals surface area contributed by atoms with E-state index in [2.05, 4.69) is 40.7 Å². The van der Waals surface area contributed by atoms with Crippen LogP contribution < -0.4 is 0 Å². The fourth-order valence-electron chi connectivity index (χ4n) is 4.36. The summed E-state index contributed by atoms with van der Waals surface area (Å²) in [7, 11) is 1.49. The molecule has 23 heavy (non-hydrogen) atoms. The molecule has 0 unspecified atom stereocenters. The summed E-state index contributed by atoms with van der Waals surface area (Å²) in [6, 6.07) is 8.50. The summed E-state index contributed by atoms with van der Waals surface area (Å²) < 4.78 is 5.11. The molecule has 0 spiro atoms. The Balaban J connectivity index is 1.82. The van der Waals surface area contributed by atoms with Crippen molar-refractivity contribution in [2.75, 3.05) is 20.2 Å². The topological polar surface area (TPSA) is 45.3 Å². The van der Waals surface area contributed by atoms with E-state index >= 15 is 0 Å². The highest BCUT2D eigenvalue weighted by atomic mass is 16.5. The number of ether oxygens (including phenoxy) is 1. The predicted molar refractivity (Wildman–Crippen MR) is 90.1 cm³/mol. The van der Waals surface area contributed by atoms with Crippen LogP contribution in [0.4, 0.5) is 0 Å². The van der Waals surface area contributed by atoms with E-state index in [1.807, 2.05) is 6.08 Å². The number of hydrogen-bond acceptors (Lipinski definition) is 3. The minimum absolute atomic E-state index is 0.0924. The van der Waals surface area contributed by atoms with Gasteiger partial charge < -0.3 is 9.72 Å². The zero-order valence-corrected chi connectivity index (χ0v) is 13.4. The average molecular weight is 310 g/mol. The number of rotatable bonds is 2. The van der Waals surface area contributed by atoms with Gasteiger partial charge in [-0.15, -0.1) is 6.58 Å². The first-order chi connectivity index (χ1) is 11.2. The molecule has 4 heteroatoms. The van der Waals surface area contributed by atoms with E-state index in [9.17, 15) is 4.79 Å². The molecule has 0 amide bonds. The third-order valence-electron chi connectivity index (χ3n) is 5.43. The van der Waals surface area contributed by atoms with Crippen molar-refractivity contribution in [2.24, 2.45) is 11.8 Å². The molecule has 0 bridgehead atoms. The number of aromatic amines is 1. The molecule has 1 aromatic carbocycles. The molecule has 3 heterocycles. The Morgan fingerprint density at radius 3 is 3.04 bits per heavy atom. The quantitative estimate of drug-likeness (QED) is 0.685. The van der Waals surface area contributed by atoms with E-state index in [0.29, 0.717) is 5.92 Å². The lowest BCUT2D eigenvalue weighted by atomic mass is 9.78.